The number of halogens is 1. The number of nitrogens with zero attached hydrogens (tertiary/aromatic N) is 1. The Bertz CT molecular complexity index is 588. The summed E-state index contributed by atoms with van der Waals surface area (Å²) in [5, 5.41) is 2.89. The van der Waals surface area contributed by atoms with Crippen LogP contribution in [0.3, 0.4) is 0 Å². The van der Waals surface area contributed by atoms with E-state index in [4.69, 9.17) is 5.73 Å². The normalized spacial score (nSPS) is 22.7. The summed E-state index contributed by atoms with van der Waals surface area (Å²) in [4.78, 5) is 27.2. The van der Waals surface area contributed by atoms with Gasteiger partial charge < -0.3 is 16.0 Å². The van der Waals surface area contributed by atoms with Gasteiger partial charge in [-0.15, -0.1) is 12.4 Å². The lowest BCUT2D eigenvalue weighted by atomic mass is 9.71. The number of nitrogens with two attached hydrogens (primary N) is 1. The molecular formula is C19H28ClN3O2. The SMILES string of the molecule is Cl.NCC1(CC(=O)N2CCNC(=O)C2c2ccccc2)CCCCC1. The number of hydrogen-bond donors (Lipinski definition) is 2. The lowest BCUT2D eigenvalue weighted by Gasteiger charge is -2.40. The maximum absolute atomic E-state index is 13.1. The van der Waals surface area contributed by atoms with Crippen LogP contribution in [0.2, 0.25) is 0 Å². The number of hydrogen-bond acceptors (Lipinski definition) is 3. The fourth-order valence-electron chi connectivity index (χ4n) is 4.08. The molecule has 1 unspecified atom stereocenters. The molecule has 0 spiro atoms. The highest BCUT2D eigenvalue weighted by Gasteiger charge is 2.39. The van der Waals surface area contributed by atoms with Gasteiger partial charge in [0, 0.05) is 19.5 Å². The predicted octanol–water partition coefficient (Wildman–Crippen LogP) is 2.41. The van der Waals surface area contributed by atoms with Crippen molar-refractivity contribution >= 4 is 24.2 Å². The number of carbonyl (C=O) groups is 2. The van der Waals surface area contributed by atoms with Crippen LogP contribution in [-0.4, -0.2) is 36.3 Å². The third-order valence-electron chi connectivity index (χ3n) is 5.52. The molecule has 3 rings (SSSR count). The minimum absolute atomic E-state index is 0. The fraction of sp³-hybridized carbons (Fsp3) is 0.579. The Hall–Kier alpha value is -1.59. The quantitative estimate of drug-likeness (QED) is 0.860. The molecule has 1 heterocycles. The fourth-order valence-corrected chi connectivity index (χ4v) is 4.08. The molecule has 6 heteroatoms. The molecular weight excluding hydrogens is 338 g/mol. The van der Waals surface area contributed by atoms with Gasteiger partial charge in [0.05, 0.1) is 0 Å². The molecule has 1 aromatic rings. The summed E-state index contributed by atoms with van der Waals surface area (Å²) in [6, 6.07) is 9.03. The molecule has 1 saturated heterocycles. The number of benzene rings is 1. The molecule has 0 aromatic heterocycles. The molecule has 1 atom stereocenters. The van der Waals surface area contributed by atoms with E-state index in [0.717, 1.165) is 31.2 Å². The van der Waals surface area contributed by atoms with Crippen molar-refractivity contribution in [3.63, 3.8) is 0 Å². The number of rotatable bonds is 4. The highest BCUT2D eigenvalue weighted by molar-refractivity contribution is 5.90. The Morgan fingerprint density at radius 1 is 1.20 bits per heavy atom. The van der Waals surface area contributed by atoms with Crippen molar-refractivity contribution in [3.8, 4) is 0 Å². The van der Waals surface area contributed by atoms with Crippen molar-refractivity contribution < 1.29 is 9.59 Å². The van der Waals surface area contributed by atoms with Gasteiger partial charge in [0.2, 0.25) is 11.8 Å². The molecule has 2 fully saturated rings. The zero-order valence-electron chi connectivity index (χ0n) is 14.6. The van der Waals surface area contributed by atoms with E-state index in [0.29, 0.717) is 26.1 Å². The average molecular weight is 366 g/mol. The minimum atomic E-state index is -0.522. The molecule has 2 amide bonds. The summed E-state index contributed by atoms with van der Waals surface area (Å²) in [5.41, 5.74) is 6.83. The number of piperazine rings is 1. The lowest BCUT2D eigenvalue weighted by Crippen LogP contribution is -2.53. The molecule has 0 radical (unpaired) electrons. The van der Waals surface area contributed by atoms with Crippen LogP contribution in [0.4, 0.5) is 0 Å². The average Bonchev–Trinajstić information content (AvgIpc) is 2.63. The summed E-state index contributed by atoms with van der Waals surface area (Å²) in [5.74, 6) is -0.0303. The molecule has 1 aliphatic carbocycles. The molecule has 5 nitrogen and oxygen atoms in total. The Morgan fingerprint density at radius 3 is 2.52 bits per heavy atom. The second-order valence-electron chi connectivity index (χ2n) is 7.13. The van der Waals surface area contributed by atoms with E-state index in [9.17, 15) is 9.59 Å². The largest absolute Gasteiger partial charge is 0.352 e. The van der Waals surface area contributed by atoms with E-state index in [1.807, 2.05) is 30.3 Å². The Kier molecular flexibility index (Phi) is 6.85. The van der Waals surface area contributed by atoms with Crippen LogP contribution in [0.1, 0.15) is 50.1 Å². The van der Waals surface area contributed by atoms with Gasteiger partial charge in [-0.2, -0.15) is 0 Å². The Balaban J connectivity index is 0.00000225. The second kappa shape index (κ2) is 8.68. The maximum atomic E-state index is 13.1. The highest BCUT2D eigenvalue weighted by atomic mass is 35.5. The van der Waals surface area contributed by atoms with Crippen LogP contribution in [0.5, 0.6) is 0 Å². The van der Waals surface area contributed by atoms with Gasteiger partial charge in [-0.05, 0) is 30.4 Å². The van der Waals surface area contributed by atoms with Gasteiger partial charge in [-0.3, -0.25) is 9.59 Å². The van der Waals surface area contributed by atoms with Crippen molar-refractivity contribution in [3.05, 3.63) is 35.9 Å². The van der Waals surface area contributed by atoms with E-state index in [2.05, 4.69) is 5.32 Å². The van der Waals surface area contributed by atoms with Crippen LogP contribution in [-0.2, 0) is 9.59 Å². The molecule has 2 aliphatic rings. The standard InChI is InChI=1S/C19H27N3O2.ClH/c20-14-19(9-5-2-6-10-19)13-16(23)22-12-11-21-18(24)17(22)15-7-3-1-4-8-15;/h1,3-4,7-8,17H,2,5-6,9-14,20H2,(H,21,24);1H. The number of nitrogens with one attached hydrogen (secondary N) is 1. The molecule has 1 aromatic carbocycles. The van der Waals surface area contributed by atoms with Gasteiger partial charge in [0.1, 0.15) is 6.04 Å². The predicted molar refractivity (Wildman–Crippen MR) is 100 cm³/mol. The molecule has 1 saturated carbocycles. The summed E-state index contributed by atoms with van der Waals surface area (Å²) < 4.78 is 0. The minimum Gasteiger partial charge on any atom is -0.352 e. The van der Waals surface area contributed by atoms with Crippen LogP contribution < -0.4 is 11.1 Å². The topological polar surface area (TPSA) is 75.4 Å². The van der Waals surface area contributed by atoms with Gasteiger partial charge in [0.15, 0.2) is 0 Å². The summed E-state index contributed by atoms with van der Waals surface area (Å²) in [7, 11) is 0. The van der Waals surface area contributed by atoms with Crippen LogP contribution in [0.15, 0.2) is 30.3 Å². The summed E-state index contributed by atoms with van der Waals surface area (Å²) >= 11 is 0. The zero-order valence-corrected chi connectivity index (χ0v) is 15.4. The first kappa shape index (κ1) is 19.7. The van der Waals surface area contributed by atoms with Crippen LogP contribution in [0.25, 0.3) is 0 Å². The smallest absolute Gasteiger partial charge is 0.247 e. The molecule has 138 valence electrons. The first-order valence-corrected chi connectivity index (χ1v) is 8.97. The van der Waals surface area contributed by atoms with E-state index < -0.39 is 6.04 Å². The molecule has 1 aliphatic heterocycles. The second-order valence-corrected chi connectivity index (χ2v) is 7.13. The summed E-state index contributed by atoms with van der Waals surface area (Å²) in [6.07, 6.45) is 6.02. The van der Waals surface area contributed by atoms with Crippen molar-refractivity contribution in [1.82, 2.24) is 10.2 Å². The van der Waals surface area contributed by atoms with Crippen molar-refractivity contribution in [2.24, 2.45) is 11.1 Å². The molecule has 3 N–H and O–H groups in total. The number of amides is 2. The van der Waals surface area contributed by atoms with E-state index in [1.165, 1.54) is 6.42 Å². The first-order valence-electron chi connectivity index (χ1n) is 8.97. The zero-order chi connectivity index (χ0) is 17.0. The molecule has 25 heavy (non-hydrogen) atoms. The highest BCUT2D eigenvalue weighted by Crippen LogP contribution is 2.39. The van der Waals surface area contributed by atoms with E-state index in [-0.39, 0.29) is 29.6 Å². The monoisotopic (exact) mass is 365 g/mol. The Morgan fingerprint density at radius 2 is 1.88 bits per heavy atom. The van der Waals surface area contributed by atoms with Crippen molar-refractivity contribution in [1.29, 1.82) is 0 Å². The third-order valence-corrected chi connectivity index (χ3v) is 5.52. The van der Waals surface area contributed by atoms with Gasteiger partial charge in [-0.25, -0.2) is 0 Å². The Labute approximate surface area is 155 Å². The molecule has 0 bridgehead atoms. The van der Waals surface area contributed by atoms with Gasteiger partial charge in [0.25, 0.3) is 0 Å². The van der Waals surface area contributed by atoms with E-state index >= 15 is 0 Å². The third kappa shape index (κ3) is 4.33. The van der Waals surface area contributed by atoms with E-state index in [1.54, 1.807) is 4.90 Å². The van der Waals surface area contributed by atoms with Crippen LogP contribution >= 0.6 is 12.4 Å². The van der Waals surface area contributed by atoms with Crippen molar-refractivity contribution in [2.75, 3.05) is 19.6 Å². The number of carbonyl (C=O) groups excluding carboxylic acids is 2. The maximum Gasteiger partial charge on any atom is 0.247 e. The van der Waals surface area contributed by atoms with Gasteiger partial charge in [-0.1, -0.05) is 49.6 Å². The van der Waals surface area contributed by atoms with Crippen LogP contribution in [0, 0.1) is 5.41 Å². The first-order chi connectivity index (χ1) is 11.7. The van der Waals surface area contributed by atoms with Crippen molar-refractivity contribution in [2.45, 2.75) is 44.6 Å². The lowest BCUT2D eigenvalue weighted by molar-refractivity contribution is -0.145. The van der Waals surface area contributed by atoms with Gasteiger partial charge >= 0.3 is 0 Å². The summed E-state index contributed by atoms with van der Waals surface area (Å²) in [6.45, 7) is 1.63.